The summed E-state index contributed by atoms with van der Waals surface area (Å²) in [4.78, 5) is 5.44. The summed E-state index contributed by atoms with van der Waals surface area (Å²) < 4.78 is 22.7. The van der Waals surface area contributed by atoms with Gasteiger partial charge >= 0.3 is 0 Å². The first-order valence-electron chi connectivity index (χ1n) is 6.57. The van der Waals surface area contributed by atoms with Crippen LogP contribution in [0.1, 0.15) is 10.4 Å². The van der Waals surface area contributed by atoms with E-state index < -0.39 is 10.0 Å². The fourth-order valence-corrected chi connectivity index (χ4v) is 3.05. The van der Waals surface area contributed by atoms with Gasteiger partial charge in [0.2, 0.25) is 10.0 Å². The second kappa shape index (κ2) is 7.39. The highest BCUT2D eigenvalue weighted by molar-refractivity contribution is 7.89. The van der Waals surface area contributed by atoms with E-state index in [1.54, 1.807) is 30.5 Å². The van der Waals surface area contributed by atoms with Crippen LogP contribution in [0.15, 0.2) is 51.7 Å². The van der Waals surface area contributed by atoms with E-state index in [0.29, 0.717) is 19.0 Å². The van der Waals surface area contributed by atoms with Gasteiger partial charge in [-0.1, -0.05) is 18.2 Å². The number of hydrogen-bond acceptors (Lipinski definition) is 4. The van der Waals surface area contributed by atoms with Gasteiger partial charge in [0.15, 0.2) is 5.96 Å². The SMILES string of the molecule is CN=C(NCc1cccc(S(N)(=O)=O)c1)NCc1cccs1. The molecule has 2 aromatic rings. The normalized spacial score (nSPS) is 12.2. The highest BCUT2D eigenvalue weighted by Crippen LogP contribution is 2.10. The zero-order valence-corrected chi connectivity index (χ0v) is 13.7. The van der Waals surface area contributed by atoms with Gasteiger partial charge in [-0.2, -0.15) is 0 Å². The van der Waals surface area contributed by atoms with Crippen molar-refractivity contribution in [1.29, 1.82) is 0 Å². The molecule has 118 valence electrons. The Morgan fingerprint density at radius 2 is 2.00 bits per heavy atom. The van der Waals surface area contributed by atoms with Crippen molar-refractivity contribution in [3.63, 3.8) is 0 Å². The van der Waals surface area contributed by atoms with Crippen LogP contribution in [-0.4, -0.2) is 21.4 Å². The van der Waals surface area contributed by atoms with Crippen LogP contribution in [0.2, 0.25) is 0 Å². The molecule has 2 rings (SSSR count). The molecule has 0 radical (unpaired) electrons. The van der Waals surface area contributed by atoms with E-state index in [2.05, 4.69) is 15.6 Å². The molecule has 0 spiro atoms. The molecule has 0 unspecified atom stereocenters. The molecule has 4 N–H and O–H groups in total. The van der Waals surface area contributed by atoms with E-state index in [9.17, 15) is 8.42 Å². The van der Waals surface area contributed by atoms with Crippen LogP contribution in [0, 0.1) is 0 Å². The Balaban J connectivity index is 1.93. The highest BCUT2D eigenvalue weighted by Gasteiger charge is 2.08. The van der Waals surface area contributed by atoms with Crippen molar-refractivity contribution < 1.29 is 8.42 Å². The fourth-order valence-electron chi connectivity index (χ4n) is 1.82. The van der Waals surface area contributed by atoms with Gasteiger partial charge in [0.05, 0.1) is 11.4 Å². The number of aliphatic imine (C=N–C) groups is 1. The molecule has 1 heterocycles. The third-order valence-corrected chi connectivity index (χ3v) is 4.71. The summed E-state index contributed by atoms with van der Waals surface area (Å²) in [5.41, 5.74) is 0.811. The van der Waals surface area contributed by atoms with E-state index in [-0.39, 0.29) is 4.90 Å². The van der Waals surface area contributed by atoms with Gasteiger partial charge in [-0.25, -0.2) is 13.6 Å². The maximum Gasteiger partial charge on any atom is 0.238 e. The van der Waals surface area contributed by atoms with Crippen molar-refractivity contribution in [2.45, 2.75) is 18.0 Å². The van der Waals surface area contributed by atoms with Crippen molar-refractivity contribution in [3.05, 3.63) is 52.2 Å². The molecular weight excluding hydrogens is 320 g/mol. The molecule has 8 heteroatoms. The molecule has 22 heavy (non-hydrogen) atoms. The summed E-state index contributed by atoms with van der Waals surface area (Å²) >= 11 is 1.67. The number of hydrogen-bond donors (Lipinski definition) is 3. The van der Waals surface area contributed by atoms with E-state index in [0.717, 1.165) is 5.56 Å². The summed E-state index contributed by atoms with van der Waals surface area (Å²) in [5.74, 6) is 0.648. The van der Waals surface area contributed by atoms with Crippen LogP contribution in [-0.2, 0) is 23.1 Å². The van der Waals surface area contributed by atoms with Gasteiger partial charge in [-0.3, -0.25) is 4.99 Å². The fraction of sp³-hybridized carbons (Fsp3) is 0.214. The van der Waals surface area contributed by atoms with E-state index >= 15 is 0 Å². The second-order valence-corrected chi connectivity index (χ2v) is 7.14. The number of nitrogens with zero attached hydrogens (tertiary/aromatic N) is 1. The third kappa shape index (κ3) is 4.83. The number of sulfonamides is 1. The lowest BCUT2D eigenvalue weighted by Gasteiger charge is -2.11. The smallest absolute Gasteiger partial charge is 0.238 e. The number of primary sulfonamides is 1. The number of nitrogens with one attached hydrogen (secondary N) is 2. The number of nitrogens with two attached hydrogens (primary N) is 1. The van der Waals surface area contributed by atoms with E-state index in [4.69, 9.17) is 5.14 Å². The molecule has 0 atom stereocenters. The molecule has 0 aliphatic rings. The number of rotatable bonds is 5. The minimum atomic E-state index is -3.68. The van der Waals surface area contributed by atoms with Gasteiger partial charge in [-0.15, -0.1) is 11.3 Å². The number of benzene rings is 1. The lowest BCUT2D eigenvalue weighted by Crippen LogP contribution is -2.36. The lowest BCUT2D eigenvalue weighted by molar-refractivity contribution is 0.597. The summed E-state index contributed by atoms with van der Waals surface area (Å²) in [6.07, 6.45) is 0. The molecule has 0 saturated carbocycles. The molecule has 0 amide bonds. The number of thiophene rings is 1. The van der Waals surface area contributed by atoms with Gasteiger partial charge < -0.3 is 10.6 Å². The molecule has 0 aliphatic carbocycles. The van der Waals surface area contributed by atoms with Crippen molar-refractivity contribution >= 4 is 27.3 Å². The van der Waals surface area contributed by atoms with E-state index in [1.165, 1.54) is 10.9 Å². The average Bonchev–Trinajstić information content (AvgIpc) is 3.00. The first kappa shape index (κ1) is 16.5. The maximum absolute atomic E-state index is 11.3. The zero-order chi connectivity index (χ0) is 16.0. The Labute approximate surface area is 134 Å². The quantitative estimate of drug-likeness (QED) is 0.565. The number of guanidine groups is 1. The molecule has 0 bridgehead atoms. The van der Waals surface area contributed by atoms with Crippen LogP contribution >= 0.6 is 11.3 Å². The zero-order valence-electron chi connectivity index (χ0n) is 12.1. The van der Waals surface area contributed by atoms with Crippen LogP contribution in [0.4, 0.5) is 0 Å². The van der Waals surface area contributed by atoms with Gasteiger partial charge in [0.1, 0.15) is 0 Å². The first-order valence-corrected chi connectivity index (χ1v) is 9.00. The van der Waals surface area contributed by atoms with Crippen LogP contribution in [0.5, 0.6) is 0 Å². The van der Waals surface area contributed by atoms with Gasteiger partial charge in [-0.05, 0) is 29.1 Å². The van der Waals surface area contributed by atoms with Gasteiger partial charge in [0, 0.05) is 18.5 Å². The van der Waals surface area contributed by atoms with Crippen molar-refractivity contribution in [3.8, 4) is 0 Å². The highest BCUT2D eigenvalue weighted by atomic mass is 32.2. The topological polar surface area (TPSA) is 96.6 Å². The Bertz CT molecular complexity index is 740. The predicted molar refractivity (Wildman–Crippen MR) is 89.2 cm³/mol. The summed E-state index contributed by atoms with van der Waals surface area (Å²) in [7, 11) is -2.00. The molecular formula is C14H18N4O2S2. The second-order valence-electron chi connectivity index (χ2n) is 4.55. The van der Waals surface area contributed by atoms with Crippen LogP contribution in [0.25, 0.3) is 0 Å². The van der Waals surface area contributed by atoms with Crippen molar-refractivity contribution in [2.75, 3.05) is 7.05 Å². The predicted octanol–water partition coefficient (Wildman–Crippen LogP) is 1.26. The Hall–Kier alpha value is -1.90. The molecule has 0 fully saturated rings. The molecule has 1 aromatic carbocycles. The summed E-state index contributed by atoms with van der Waals surface area (Å²) in [6, 6.07) is 10.6. The monoisotopic (exact) mass is 338 g/mol. The Morgan fingerprint density at radius 1 is 1.23 bits per heavy atom. The Kier molecular flexibility index (Phi) is 5.53. The first-order chi connectivity index (χ1) is 10.5. The summed E-state index contributed by atoms with van der Waals surface area (Å²) in [6.45, 7) is 1.14. The van der Waals surface area contributed by atoms with Crippen molar-refractivity contribution in [1.82, 2.24) is 10.6 Å². The lowest BCUT2D eigenvalue weighted by atomic mass is 10.2. The standard InChI is InChI=1S/C14H18N4O2S2/c1-16-14(18-10-12-5-3-7-21-12)17-9-11-4-2-6-13(8-11)22(15,19)20/h2-8H,9-10H2,1H3,(H2,15,19,20)(H2,16,17,18). The average molecular weight is 338 g/mol. The molecule has 0 saturated heterocycles. The molecule has 6 nitrogen and oxygen atoms in total. The van der Waals surface area contributed by atoms with Crippen LogP contribution in [0.3, 0.4) is 0 Å². The van der Waals surface area contributed by atoms with E-state index in [1.807, 2.05) is 23.6 Å². The Morgan fingerprint density at radius 3 is 2.64 bits per heavy atom. The molecule has 0 aliphatic heterocycles. The minimum Gasteiger partial charge on any atom is -0.352 e. The maximum atomic E-state index is 11.3. The van der Waals surface area contributed by atoms with Gasteiger partial charge in [0.25, 0.3) is 0 Å². The van der Waals surface area contributed by atoms with Crippen LogP contribution < -0.4 is 15.8 Å². The molecule has 1 aromatic heterocycles. The van der Waals surface area contributed by atoms with Crippen molar-refractivity contribution in [2.24, 2.45) is 10.1 Å². The summed E-state index contributed by atoms with van der Waals surface area (Å²) in [5, 5.41) is 13.5. The minimum absolute atomic E-state index is 0.105. The third-order valence-electron chi connectivity index (χ3n) is 2.92. The largest absolute Gasteiger partial charge is 0.352 e.